The molecule has 0 saturated carbocycles. The number of carbonyl (C=O) groups is 1. The van der Waals surface area contributed by atoms with E-state index >= 15 is 0 Å². The van der Waals surface area contributed by atoms with Crippen LogP contribution in [0.25, 0.3) is 0 Å². The highest BCUT2D eigenvalue weighted by Crippen LogP contribution is 2.22. The van der Waals surface area contributed by atoms with Crippen molar-refractivity contribution in [2.45, 2.75) is 33.2 Å². The van der Waals surface area contributed by atoms with Crippen LogP contribution in [-0.2, 0) is 6.54 Å². The molecule has 0 N–H and O–H groups in total. The third-order valence-electron chi connectivity index (χ3n) is 3.07. The molecule has 0 aliphatic heterocycles. The van der Waals surface area contributed by atoms with Crippen molar-refractivity contribution < 1.29 is 4.79 Å². The number of hydrogen-bond donors (Lipinski definition) is 0. The maximum absolute atomic E-state index is 10.9. The number of aromatic nitrogens is 2. The van der Waals surface area contributed by atoms with Crippen LogP contribution < -0.4 is 0 Å². The molecule has 4 heteroatoms. The summed E-state index contributed by atoms with van der Waals surface area (Å²) in [6.45, 7) is 7.07. The van der Waals surface area contributed by atoms with Gasteiger partial charge in [0.15, 0.2) is 6.29 Å². The Labute approximate surface area is 105 Å². The Morgan fingerprint density at radius 1 is 1.53 bits per heavy atom. The highest BCUT2D eigenvalue weighted by Gasteiger charge is 2.13. The van der Waals surface area contributed by atoms with Crippen LogP contribution in [0, 0.1) is 13.8 Å². The lowest BCUT2D eigenvalue weighted by Gasteiger charge is -2.14. The van der Waals surface area contributed by atoms with Gasteiger partial charge in [-0.1, -0.05) is 6.92 Å². The van der Waals surface area contributed by atoms with E-state index in [9.17, 15) is 4.79 Å². The molecule has 0 spiro atoms. The highest BCUT2D eigenvalue weighted by atomic mass is 32.1. The Morgan fingerprint density at radius 3 is 2.82 bits per heavy atom. The average molecular weight is 248 g/mol. The Hall–Kier alpha value is -1.42. The van der Waals surface area contributed by atoms with E-state index < -0.39 is 0 Å². The number of aryl methyl sites for hydroxylation is 1. The van der Waals surface area contributed by atoms with Crippen LogP contribution in [0.4, 0.5) is 0 Å². The van der Waals surface area contributed by atoms with E-state index in [0.717, 1.165) is 34.8 Å². The summed E-state index contributed by atoms with van der Waals surface area (Å²) in [4.78, 5) is 15.2. The topological polar surface area (TPSA) is 34.9 Å². The van der Waals surface area contributed by atoms with Gasteiger partial charge in [0.2, 0.25) is 0 Å². The first-order valence-corrected chi connectivity index (χ1v) is 6.52. The van der Waals surface area contributed by atoms with Crippen molar-refractivity contribution in [2.75, 3.05) is 0 Å². The van der Waals surface area contributed by atoms with E-state index in [2.05, 4.69) is 16.5 Å². The van der Waals surface area contributed by atoms with Crippen molar-refractivity contribution in [1.29, 1.82) is 0 Å². The molecule has 0 saturated heterocycles. The second-order valence-electron chi connectivity index (χ2n) is 4.33. The first kappa shape index (κ1) is 12.0. The number of hydrogen-bond acceptors (Lipinski definition) is 3. The van der Waals surface area contributed by atoms with Gasteiger partial charge in [-0.15, -0.1) is 11.3 Å². The van der Waals surface area contributed by atoms with Crippen LogP contribution in [-0.4, -0.2) is 15.8 Å². The zero-order chi connectivity index (χ0) is 12.4. The van der Waals surface area contributed by atoms with Crippen molar-refractivity contribution in [1.82, 2.24) is 9.55 Å². The number of aldehydes is 1. The molecule has 1 unspecified atom stereocenters. The first-order chi connectivity index (χ1) is 8.13. The molecule has 0 amide bonds. The van der Waals surface area contributed by atoms with Crippen LogP contribution in [0.5, 0.6) is 0 Å². The average Bonchev–Trinajstić information content (AvgIpc) is 2.92. The highest BCUT2D eigenvalue weighted by molar-refractivity contribution is 7.09. The largest absolute Gasteiger partial charge is 0.348 e. The molecule has 2 rings (SSSR count). The summed E-state index contributed by atoms with van der Waals surface area (Å²) in [5.41, 5.74) is 2.96. The third-order valence-corrected chi connectivity index (χ3v) is 4.08. The Balaban J connectivity index is 2.24. The summed E-state index contributed by atoms with van der Waals surface area (Å²) in [6.07, 6.45) is 2.76. The van der Waals surface area contributed by atoms with E-state index in [1.54, 1.807) is 11.3 Å². The molecular weight excluding hydrogens is 232 g/mol. The van der Waals surface area contributed by atoms with Gasteiger partial charge in [-0.25, -0.2) is 4.98 Å². The quantitative estimate of drug-likeness (QED) is 0.779. The summed E-state index contributed by atoms with van der Waals surface area (Å²) >= 11 is 1.68. The van der Waals surface area contributed by atoms with Gasteiger partial charge in [-0.2, -0.15) is 0 Å². The molecule has 0 radical (unpaired) electrons. The van der Waals surface area contributed by atoms with Gasteiger partial charge in [0.25, 0.3) is 0 Å². The molecule has 17 heavy (non-hydrogen) atoms. The van der Waals surface area contributed by atoms with Gasteiger partial charge in [-0.05, 0) is 19.9 Å². The molecule has 2 aromatic rings. The minimum atomic E-state index is 0.374. The van der Waals surface area contributed by atoms with Crippen molar-refractivity contribution in [3.05, 3.63) is 39.6 Å². The lowest BCUT2D eigenvalue weighted by Crippen LogP contribution is -2.09. The Bertz CT molecular complexity index is 514. The van der Waals surface area contributed by atoms with Gasteiger partial charge in [0.1, 0.15) is 0 Å². The molecule has 0 aliphatic rings. The van der Waals surface area contributed by atoms with Crippen molar-refractivity contribution in [3.63, 3.8) is 0 Å². The second kappa shape index (κ2) is 4.84. The maximum Gasteiger partial charge on any atom is 0.151 e. The van der Waals surface area contributed by atoms with Gasteiger partial charge in [0.05, 0.1) is 5.01 Å². The lowest BCUT2D eigenvalue weighted by molar-refractivity contribution is 0.112. The minimum Gasteiger partial charge on any atom is -0.348 e. The molecule has 2 aromatic heterocycles. The van der Waals surface area contributed by atoms with E-state index in [1.807, 2.05) is 31.5 Å². The number of nitrogens with zero attached hydrogens (tertiary/aromatic N) is 2. The van der Waals surface area contributed by atoms with E-state index in [-0.39, 0.29) is 0 Å². The molecule has 90 valence electrons. The second-order valence-corrected chi connectivity index (χ2v) is 5.25. The maximum atomic E-state index is 10.9. The van der Waals surface area contributed by atoms with Crippen LogP contribution in [0.2, 0.25) is 0 Å². The van der Waals surface area contributed by atoms with Crippen molar-refractivity contribution >= 4 is 17.6 Å². The van der Waals surface area contributed by atoms with E-state index in [0.29, 0.717) is 5.92 Å². The summed E-state index contributed by atoms with van der Waals surface area (Å²) in [7, 11) is 0. The monoisotopic (exact) mass is 248 g/mol. The van der Waals surface area contributed by atoms with E-state index in [1.165, 1.54) is 0 Å². The fourth-order valence-electron chi connectivity index (χ4n) is 2.06. The van der Waals surface area contributed by atoms with Gasteiger partial charge < -0.3 is 4.57 Å². The number of carbonyl (C=O) groups excluding carboxylic acids is 1. The molecule has 3 nitrogen and oxygen atoms in total. The number of rotatable bonds is 4. The van der Waals surface area contributed by atoms with Gasteiger partial charge in [-0.3, -0.25) is 4.79 Å². The fraction of sp³-hybridized carbons (Fsp3) is 0.385. The summed E-state index contributed by atoms with van der Waals surface area (Å²) in [5, 5.41) is 3.14. The predicted molar refractivity (Wildman–Crippen MR) is 69.8 cm³/mol. The Kier molecular flexibility index (Phi) is 3.43. The Morgan fingerprint density at radius 2 is 2.29 bits per heavy atom. The van der Waals surface area contributed by atoms with Crippen LogP contribution in [0.1, 0.15) is 39.6 Å². The lowest BCUT2D eigenvalue weighted by atomic mass is 10.2. The molecule has 0 aliphatic carbocycles. The molecule has 0 bridgehead atoms. The SMILES string of the molecule is Cc1cc(C=O)c(C)n1CC(C)c1nccs1. The summed E-state index contributed by atoms with van der Waals surface area (Å²) in [6, 6.07) is 1.94. The number of thiazole rings is 1. The smallest absolute Gasteiger partial charge is 0.151 e. The minimum absolute atomic E-state index is 0.374. The van der Waals surface area contributed by atoms with Crippen LogP contribution in [0.3, 0.4) is 0 Å². The molecule has 2 heterocycles. The normalized spacial score (nSPS) is 12.6. The fourth-order valence-corrected chi connectivity index (χ4v) is 2.75. The standard InChI is InChI=1S/C13H16N2OS/c1-9(13-14-4-5-17-13)7-15-10(2)6-12(8-16)11(15)3/h4-6,8-9H,7H2,1-3H3. The predicted octanol–water partition coefficient (Wildman–Crippen LogP) is 3.18. The third kappa shape index (κ3) is 2.31. The molecule has 0 fully saturated rings. The molecule has 1 atom stereocenters. The van der Waals surface area contributed by atoms with E-state index in [4.69, 9.17) is 0 Å². The zero-order valence-electron chi connectivity index (χ0n) is 10.3. The zero-order valence-corrected chi connectivity index (χ0v) is 11.1. The van der Waals surface area contributed by atoms with Crippen LogP contribution >= 0.6 is 11.3 Å². The van der Waals surface area contributed by atoms with Crippen molar-refractivity contribution in [2.24, 2.45) is 0 Å². The molecular formula is C13H16N2OS. The van der Waals surface area contributed by atoms with Gasteiger partial charge >= 0.3 is 0 Å². The van der Waals surface area contributed by atoms with Gasteiger partial charge in [0, 0.05) is 41.0 Å². The first-order valence-electron chi connectivity index (χ1n) is 5.64. The van der Waals surface area contributed by atoms with Crippen LogP contribution in [0.15, 0.2) is 17.6 Å². The summed E-state index contributed by atoms with van der Waals surface area (Å²) < 4.78 is 2.19. The summed E-state index contributed by atoms with van der Waals surface area (Å²) in [5.74, 6) is 0.374. The molecule has 0 aromatic carbocycles. The van der Waals surface area contributed by atoms with Crippen molar-refractivity contribution in [3.8, 4) is 0 Å².